The van der Waals surface area contributed by atoms with Gasteiger partial charge >= 0.3 is 5.97 Å². The number of hydrogen-bond donors (Lipinski definition) is 1. The van der Waals surface area contributed by atoms with Gasteiger partial charge in [-0.05, 0) is 37.5 Å². The first-order valence-corrected chi connectivity index (χ1v) is 8.95. The second-order valence-corrected chi connectivity index (χ2v) is 6.53. The lowest BCUT2D eigenvalue weighted by Gasteiger charge is -2.11. The van der Waals surface area contributed by atoms with Crippen molar-refractivity contribution >= 4 is 11.8 Å². The Labute approximate surface area is 145 Å². The third-order valence-corrected chi connectivity index (χ3v) is 4.22. The van der Waals surface area contributed by atoms with Gasteiger partial charge in [0, 0.05) is 18.0 Å². The summed E-state index contributed by atoms with van der Waals surface area (Å²) in [6.45, 7) is 6.60. The quantitative estimate of drug-likeness (QED) is 0.376. The second-order valence-electron chi connectivity index (χ2n) is 6.53. The minimum atomic E-state index is -0.494. The van der Waals surface area contributed by atoms with Crippen molar-refractivity contribution in [3.63, 3.8) is 0 Å². The fourth-order valence-electron chi connectivity index (χ4n) is 2.51. The molecule has 24 heavy (non-hydrogen) atoms. The molecule has 134 valence electrons. The van der Waals surface area contributed by atoms with Crippen LogP contribution in [0, 0.1) is 13.8 Å². The fraction of sp³-hybridized carbons (Fsp3) is 0.600. The predicted molar refractivity (Wildman–Crippen MR) is 97.2 cm³/mol. The Bertz CT molecular complexity index is 540. The van der Waals surface area contributed by atoms with Gasteiger partial charge in [-0.1, -0.05) is 44.7 Å². The molecule has 0 bridgehead atoms. The van der Waals surface area contributed by atoms with E-state index in [1.807, 2.05) is 32.0 Å². The Morgan fingerprint density at radius 2 is 1.75 bits per heavy atom. The summed E-state index contributed by atoms with van der Waals surface area (Å²) in [4.78, 5) is 24.0. The summed E-state index contributed by atoms with van der Waals surface area (Å²) in [5.74, 6) is -0.344. The molecule has 0 saturated heterocycles. The molecular weight excluding hydrogens is 302 g/mol. The van der Waals surface area contributed by atoms with Gasteiger partial charge in [0.15, 0.2) is 5.78 Å². The summed E-state index contributed by atoms with van der Waals surface area (Å²) in [5, 5.41) is 0. The molecule has 0 fully saturated rings. The molecule has 0 radical (unpaired) electrons. The first-order valence-electron chi connectivity index (χ1n) is 8.95. The van der Waals surface area contributed by atoms with Crippen LogP contribution in [0.1, 0.15) is 73.4 Å². The van der Waals surface area contributed by atoms with Crippen molar-refractivity contribution in [2.75, 3.05) is 6.61 Å². The SMILES string of the molecule is CCCCCCCOC(=O)CC(N)CC(=O)c1ccc(C)c(C)c1. The molecule has 0 aliphatic heterocycles. The zero-order valence-corrected chi connectivity index (χ0v) is 15.3. The van der Waals surface area contributed by atoms with Crippen molar-refractivity contribution in [1.82, 2.24) is 0 Å². The van der Waals surface area contributed by atoms with Crippen LogP contribution >= 0.6 is 0 Å². The first-order chi connectivity index (χ1) is 11.4. The molecule has 1 unspecified atom stereocenters. The van der Waals surface area contributed by atoms with E-state index in [0.717, 1.165) is 24.0 Å². The van der Waals surface area contributed by atoms with Crippen molar-refractivity contribution in [3.8, 4) is 0 Å². The van der Waals surface area contributed by atoms with E-state index in [1.165, 1.54) is 19.3 Å². The Morgan fingerprint density at radius 3 is 2.42 bits per heavy atom. The van der Waals surface area contributed by atoms with Crippen LogP contribution in [0.3, 0.4) is 0 Å². The number of Topliss-reactive ketones (excluding diaryl/α,β-unsaturated/α-hetero) is 1. The summed E-state index contributed by atoms with van der Waals surface area (Å²) in [6, 6.07) is 5.12. The molecule has 0 heterocycles. The molecule has 0 aromatic heterocycles. The van der Waals surface area contributed by atoms with E-state index in [0.29, 0.717) is 12.2 Å². The number of benzene rings is 1. The third-order valence-electron chi connectivity index (χ3n) is 4.22. The highest BCUT2D eigenvalue weighted by atomic mass is 16.5. The number of carbonyl (C=O) groups excluding carboxylic acids is 2. The van der Waals surface area contributed by atoms with E-state index in [2.05, 4.69) is 6.92 Å². The van der Waals surface area contributed by atoms with Crippen molar-refractivity contribution in [1.29, 1.82) is 0 Å². The van der Waals surface area contributed by atoms with Crippen molar-refractivity contribution < 1.29 is 14.3 Å². The Balaban J connectivity index is 2.29. The van der Waals surface area contributed by atoms with Gasteiger partial charge in [0.2, 0.25) is 0 Å². The number of ether oxygens (including phenoxy) is 1. The van der Waals surface area contributed by atoms with Gasteiger partial charge in [-0.25, -0.2) is 0 Å². The van der Waals surface area contributed by atoms with E-state index in [-0.39, 0.29) is 24.6 Å². The highest BCUT2D eigenvalue weighted by Crippen LogP contribution is 2.13. The molecule has 0 spiro atoms. The van der Waals surface area contributed by atoms with Crippen molar-refractivity contribution in [3.05, 3.63) is 34.9 Å². The van der Waals surface area contributed by atoms with Gasteiger partial charge in [0.1, 0.15) is 0 Å². The maximum absolute atomic E-state index is 12.2. The highest BCUT2D eigenvalue weighted by Gasteiger charge is 2.16. The molecule has 0 aliphatic rings. The van der Waals surface area contributed by atoms with E-state index >= 15 is 0 Å². The molecule has 0 aliphatic carbocycles. The second kappa shape index (κ2) is 11.0. The summed E-state index contributed by atoms with van der Waals surface area (Å²) in [5.41, 5.74) is 8.81. The summed E-state index contributed by atoms with van der Waals surface area (Å²) >= 11 is 0. The number of unbranched alkanes of at least 4 members (excludes halogenated alkanes) is 4. The number of rotatable bonds is 11. The topological polar surface area (TPSA) is 69.4 Å². The monoisotopic (exact) mass is 333 g/mol. The van der Waals surface area contributed by atoms with Crippen LogP contribution in [0.25, 0.3) is 0 Å². The average Bonchev–Trinajstić information content (AvgIpc) is 2.53. The lowest BCUT2D eigenvalue weighted by Crippen LogP contribution is -2.28. The zero-order chi connectivity index (χ0) is 17.9. The number of carbonyl (C=O) groups is 2. The van der Waals surface area contributed by atoms with Gasteiger partial charge in [-0.3, -0.25) is 9.59 Å². The van der Waals surface area contributed by atoms with Crippen LogP contribution < -0.4 is 5.73 Å². The van der Waals surface area contributed by atoms with Crippen LogP contribution in [0.4, 0.5) is 0 Å². The summed E-state index contributed by atoms with van der Waals surface area (Å²) < 4.78 is 5.18. The molecule has 1 atom stereocenters. The number of esters is 1. The van der Waals surface area contributed by atoms with Crippen molar-refractivity contribution in [2.24, 2.45) is 5.73 Å². The van der Waals surface area contributed by atoms with E-state index in [4.69, 9.17) is 10.5 Å². The molecule has 2 N–H and O–H groups in total. The van der Waals surface area contributed by atoms with E-state index in [9.17, 15) is 9.59 Å². The highest BCUT2D eigenvalue weighted by molar-refractivity contribution is 5.96. The van der Waals surface area contributed by atoms with E-state index < -0.39 is 6.04 Å². The lowest BCUT2D eigenvalue weighted by molar-refractivity contribution is -0.144. The molecular formula is C20H31NO3. The van der Waals surface area contributed by atoms with Crippen LogP contribution in [0.15, 0.2) is 18.2 Å². The molecule has 4 heteroatoms. The number of nitrogens with two attached hydrogens (primary N) is 1. The van der Waals surface area contributed by atoms with Gasteiger partial charge in [-0.15, -0.1) is 0 Å². The molecule has 1 aromatic rings. The van der Waals surface area contributed by atoms with Crippen LogP contribution in [0.2, 0.25) is 0 Å². The minimum absolute atomic E-state index is 0.0297. The summed E-state index contributed by atoms with van der Waals surface area (Å²) in [6.07, 6.45) is 5.82. The Kier molecular flexibility index (Phi) is 9.31. The Hall–Kier alpha value is -1.68. The van der Waals surface area contributed by atoms with Crippen LogP contribution in [-0.4, -0.2) is 24.4 Å². The smallest absolute Gasteiger partial charge is 0.307 e. The number of ketones is 1. The number of aryl methyl sites for hydroxylation is 2. The fourth-order valence-corrected chi connectivity index (χ4v) is 2.51. The van der Waals surface area contributed by atoms with Crippen LogP contribution in [0.5, 0.6) is 0 Å². The standard InChI is InChI=1S/C20H31NO3/c1-4-5-6-7-8-11-24-20(23)14-18(21)13-19(22)17-10-9-15(2)16(3)12-17/h9-10,12,18H,4-8,11,13-14,21H2,1-3H3. The maximum atomic E-state index is 12.2. The zero-order valence-electron chi connectivity index (χ0n) is 15.3. The number of hydrogen-bond acceptors (Lipinski definition) is 4. The van der Waals surface area contributed by atoms with Crippen molar-refractivity contribution in [2.45, 2.75) is 71.8 Å². The summed E-state index contributed by atoms with van der Waals surface area (Å²) in [7, 11) is 0. The Morgan fingerprint density at radius 1 is 1.04 bits per heavy atom. The third kappa shape index (κ3) is 7.73. The normalized spacial score (nSPS) is 12.0. The molecule has 1 aromatic carbocycles. The molecule has 0 saturated carbocycles. The van der Waals surface area contributed by atoms with Gasteiger partial charge in [0.25, 0.3) is 0 Å². The van der Waals surface area contributed by atoms with Crippen LogP contribution in [-0.2, 0) is 9.53 Å². The largest absolute Gasteiger partial charge is 0.466 e. The molecule has 1 rings (SSSR count). The maximum Gasteiger partial charge on any atom is 0.307 e. The minimum Gasteiger partial charge on any atom is -0.466 e. The van der Waals surface area contributed by atoms with Gasteiger partial charge < -0.3 is 10.5 Å². The van der Waals surface area contributed by atoms with Gasteiger partial charge in [-0.2, -0.15) is 0 Å². The van der Waals surface area contributed by atoms with Gasteiger partial charge in [0.05, 0.1) is 13.0 Å². The molecule has 4 nitrogen and oxygen atoms in total. The average molecular weight is 333 g/mol. The van der Waals surface area contributed by atoms with E-state index in [1.54, 1.807) is 0 Å². The molecule has 0 amide bonds. The predicted octanol–water partition coefficient (Wildman–Crippen LogP) is 4.11. The lowest BCUT2D eigenvalue weighted by atomic mass is 9.99. The first kappa shape index (κ1) is 20.4.